The lowest BCUT2D eigenvalue weighted by molar-refractivity contribution is -0.150. The molecule has 1 fully saturated rings. The molecule has 1 saturated heterocycles. The third-order valence-electron chi connectivity index (χ3n) is 5.68. The van der Waals surface area contributed by atoms with Crippen LogP contribution in [0.5, 0.6) is 0 Å². The summed E-state index contributed by atoms with van der Waals surface area (Å²) >= 11 is 2.77. The number of nitrogen functional groups attached to an aromatic ring is 1. The predicted octanol–water partition coefficient (Wildman–Crippen LogP) is -0.00570. The van der Waals surface area contributed by atoms with E-state index in [4.69, 9.17) is 11.5 Å². The SMILES string of the molecule is NC(=O)c1nc2nc(C(F)(F)F)cc(SCC3=C(C(=O)O)N4C(=O)[C@@H](NC(=O)C(=O)c5csc(N)n5)[C@H]4SC3)n2n1. The summed E-state index contributed by atoms with van der Waals surface area (Å²) in [4.78, 5) is 72.8. The maximum Gasteiger partial charge on any atom is 0.433 e. The number of thioether (sulfide) groups is 2. The Labute approximate surface area is 237 Å². The van der Waals surface area contributed by atoms with Gasteiger partial charge in [0.1, 0.15) is 27.8 Å². The van der Waals surface area contributed by atoms with Gasteiger partial charge in [-0.15, -0.1) is 40.0 Å². The topological polar surface area (TPSA) is 229 Å². The van der Waals surface area contributed by atoms with Gasteiger partial charge in [-0.2, -0.15) is 22.7 Å². The quantitative estimate of drug-likeness (QED) is 0.0846. The van der Waals surface area contributed by atoms with E-state index >= 15 is 0 Å². The van der Waals surface area contributed by atoms with Crippen LogP contribution in [0.3, 0.4) is 0 Å². The molecular weight excluding hydrogens is 615 g/mol. The van der Waals surface area contributed by atoms with E-state index in [0.717, 1.165) is 44.3 Å². The van der Waals surface area contributed by atoms with Crippen LogP contribution in [-0.2, 0) is 20.6 Å². The molecule has 0 saturated carbocycles. The van der Waals surface area contributed by atoms with Gasteiger partial charge in [0.25, 0.3) is 29.3 Å². The number of amides is 3. The van der Waals surface area contributed by atoms with Crippen LogP contribution in [0.4, 0.5) is 18.3 Å². The minimum Gasteiger partial charge on any atom is -0.477 e. The average molecular weight is 630 g/mol. The van der Waals surface area contributed by atoms with Crippen LogP contribution < -0.4 is 16.8 Å². The highest BCUT2D eigenvalue weighted by atomic mass is 32.2. The summed E-state index contributed by atoms with van der Waals surface area (Å²) in [5.41, 5.74) is 8.84. The minimum atomic E-state index is -4.87. The molecule has 2 aliphatic rings. The van der Waals surface area contributed by atoms with Gasteiger partial charge < -0.3 is 21.9 Å². The smallest absolute Gasteiger partial charge is 0.433 e. The van der Waals surface area contributed by atoms with Crippen LogP contribution >= 0.6 is 34.9 Å². The fourth-order valence-electron chi connectivity index (χ4n) is 3.87. The van der Waals surface area contributed by atoms with E-state index in [0.29, 0.717) is 6.07 Å². The van der Waals surface area contributed by atoms with E-state index in [2.05, 4.69) is 25.4 Å². The van der Waals surface area contributed by atoms with Crippen molar-refractivity contribution in [2.75, 3.05) is 17.2 Å². The fourth-order valence-corrected chi connectivity index (χ4v) is 6.88. The molecule has 21 heteroatoms. The van der Waals surface area contributed by atoms with E-state index < -0.39 is 70.1 Å². The van der Waals surface area contributed by atoms with Crippen LogP contribution in [0.15, 0.2) is 27.7 Å². The lowest BCUT2D eigenvalue weighted by Crippen LogP contribution is -2.71. The number of fused-ring (bicyclic) bond motifs is 2. The molecule has 6 N–H and O–H groups in total. The zero-order chi connectivity index (χ0) is 29.8. The second-order valence-corrected chi connectivity index (χ2v) is 11.3. The van der Waals surface area contributed by atoms with Crippen molar-refractivity contribution >= 4 is 75.2 Å². The zero-order valence-electron chi connectivity index (χ0n) is 19.9. The number of aromatic nitrogens is 5. The summed E-state index contributed by atoms with van der Waals surface area (Å²) in [5, 5.41) is 16.3. The molecule has 3 aromatic heterocycles. The van der Waals surface area contributed by atoms with Gasteiger partial charge in [0.15, 0.2) is 10.8 Å². The number of aliphatic carboxylic acids is 1. The van der Waals surface area contributed by atoms with Crippen molar-refractivity contribution in [3.63, 3.8) is 0 Å². The Morgan fingerprint density at radius 1 is 1.22 bits per heavy atom. The van der Waals surface area contributed by atoms with Crippen molar-refractivity contribution in [3.05, 3.63) is 39.9 Å². The lowest BCUT2D eigenvalue weighted by atomic mass is 10.0. The summed E-state index contributed by atoms with van der Waals surface area (Å²) in [6.07, 6.45) is -4.87. The number of carbonyl (C=O) groups is 5. The van der Waals surface area contributed by atoms with Crippen molar-refractivity contribution in [1.29, 1.82) is 0 Å². The first-order valence-electron chi connectivity index (χ1n) is 11.0. The highest BCUT2D eigenvalue weighted by molar-refractivity contribution is 8.01. The number of primary amides is 1. The largest absolute Gasteiger partial charge is 0.477 e. The fraction of sp³-hybridized carbons (Fsp3) is 0.250. The van der Waals surface area contributed by atoms with Gasteiger partial charge >= 0.3 is 12.1 Å². The molecule has 0 aliphatic carbocycles. The standard InChI is InChI=1S/C20H14F3N9O6S3/c21-20(22,23)7-1-8(32-19(27-7)29-13(30-32)12(24)34)39-2-5-3-40-16-9(15(36)31(16)10(5)17(37)38)28-14(35)11(33)6-4-41-18(25)26-6/h1,4,9,16H,2-3H2,(H2,24,34)(H2,25,26)(H,28,35)(H,37,38)/t9-,16-/m1/s1. The average Bonchev–Trinajstić information content (AvgIpc) is 3.55. The molecule has 3 aromatic rings. The van der Waals surface area contributed by atoms with Crippen LogP contribution in [0, 0.1) is 0 Å². The summed E-state index contributed by atoms with van der Waals surface area (Å²) in [6.45, 7) is 0. The molecule has 3 amide bonds. The molecule has 0 aromatic carbocycles. The molecule has 0 unspecified atom stereocenters. The lowest BCUT2D eigenvalue weighted by Gasteiger charge is -2.49. The Morgan fingerprint density at radius 3 is 2.56 bits per heavy atom. The number of hydrogen-bond donors (Lipinski definition) is 4. The number of nitrogens with two attached hydrogens (primary N) is 2. The Hall–Kier alpha value is -4.24. The normalized spacial score (nSPS) is 18.7. The van der Waals surface area contributed by atoms with Gasteiger partial charge in [0, 0.05) is 23.0 Å². The van der Waals surface area contributed by atoms with Gasteiger partial charge in [0.2, 0.25) is 5.82 Å². The molecule has 2 aliphatic heterocycles. The number of thiazole rings is 1. The molecule has 0 radical (unpaired) electrons. The molecule has 0 bridgehead atoms. The van der Waals surface area contributed by atoms with Gasteiger partial charge in [0.05, 0.1) is 0 Å². The predicted molar refractivity (Wildman–Crippen MR) is 136 cm³/mol. The van der Waals surface area contributed by atoms with E-state index in [1.165, 1.54) is 5.38 Å². The highest BCUT2D eigenvalue weighted by Gasteiger charge is 2.54. The first-order chi connectivity index (χ1) is 19.3. The van der Waals surface area contributed by atoms with Crippen molar-refractivity contribution < 1.29 is 42.3 Å². The van der Waals surface area contributed by atoms with Crippen LogP contribution in [-0.4, -0.2) is 87.0 Å². The maximum absolute atomic E-state index is 13.4. The zero-order valence-corrected chi connectivity index (χ0v) is 22.4. The third-order valence-corrected chi connectivity index (χ3v) is 8.77. The highest BCUT2D eigenvalue weighted by Crippen LogP contribution is 2.42. The Balaban J connectivity index is 1.37. The number of Topliss-reactive ketones (excluding diaryl/α,β-unsaturated/α-hetero) is 1. The third kappa shape index (κ3) is 5.17. The molecule has 15 nitrogen and oxygen atoms in total. The van der Waals surface area contributed by atoms with Gasteiger partial charge in [-0.1, -0.05) is 0 Å². The summed E-state index contributed by atoms with van der Waals surface area (Å²) in [7, 11) is 0. The van der Waals surface area contributed by atoms with E-state index in [1.807, 2.05) is 0 Å². The number of carbonyl (C=O) groups excluding carboxylic acids is 4. The van der Waals surface area contributed by atoms with Crippen molar-refractivity contribution in [2.45, 2.75) is 22.6 Å². The Morgan fingerprint density at radius 2 is 1.95 bits per heavy atom. The number of hydrogen-bond acceptors (Lipinski definition) is 13. The van der Waals surface area contributed by atoms with Crippen molar-refractivity contribution in [3.8, 4) is 0 Å². The van der Waals surface area contributed by atoms with Gasteiger partial charge in [-0.25, -0.2) is 14.8 Å². The van der Waals surface area contributed by atoms with Crippen LogP contribution in [0.25, 0.3) is 5.78 Å². The summed E-state index contributed by atoms with van der Waals surface area (Å²) < 4.78 is 41.2. The van der Waals surface area contributed by atoms with Crippen LogP contribution in [0.2, 0.25) is 0 Å². The second-order valence-electron chi connectivity index (χ2n) is 8.30. The number of carboxylic acids is 1. The molecule has 5 heterocycles. The Bertz CT molecular complexity index is 1690. The first kappa shape index (κ1) is 28.3. The van der Waals surface area contributed by atoms with Crippen molar-refractivity contribution in [2.24, 2.45) is 5.73 Å². The summed E-state index contributed by atoms with van der Waals surface area (Å²) in [5.74, 6) is -6.82. The molecule has 214 valence electrons. The molecule has 5 rings (SSSR count). The van der Waals surface area contributed by atoms with E-state index in [-0.39, 0.29) is 32.9 Å². The summed E-state index contributed by atoms with van der Waals surface area (Å²) in [6, 6.07) is -0.544. The second kappa shape index (κ2) is 10.3. The monoisotopic (exact) mass is 629 g/mol. The number of halogens is 3. The number of alkyl halides is 3. The number of nitrogens with zero attached hydrogens (tertiary/aromatic N) is 6. The molecule has 2 atom stereocenters. The Kier molecular flexibility index (Phi) is 7.11. The minimum absolute atomic E-state index is 0.0241. The molecule has 0 spiro atoms. The molecule has 41 heavy (non-hydrogen) atoms. The number of ketones is 1. The first-order valence-corrected chi connectivity index (χ1v) is 13.9. The van der Waals surface area contributed by atoms with E-state index in [1.54, 1.807) is 0 Å². The van der Waals surface area contributed by atoms with Crippen molar-refractivity contribution in [1.82, 2.24) is 34.8 Å². The number of nitrogens with one attached hydrogen (secondary N) is 1. The van der Waals surface area contributed by atoms with Gasteiger partial charge in [-0.3, -0.25) is 24.1 Å². The van der Waals surface area contributed by atoms with Crippen LogP contribution in [0.1, 0.15) is 26.8 Å². The number of carboxylic acid groups (broad SMARTS) is 1. The number of anilines is 1. The van der Waals surface area contributed by atoms with E-state index in [9.17, 15) is 42.3 Å². The van der Waals surface area contributed by atoms with Gasteiger partial charge in [-0.05, 0) is 5.57 Å². The number of β-lactam (4-membered cyclic amide) rings is 1. The maximum atomic E-state index is 13.4. The number of rotatable bonds is 8. The molecular formula is C20H14F3N9O6S3.